The maximum atomic E-state index is 3.74. The molecule has 0 aromatic rings. The molecule has 0 radical (unpaired) electrons. The SMILES string of the molecule is CN=CCNC. The van der Waals surface area contributed by atoms with Gasteiger partial charge in [0.15, 0.2) is 0 Å². The van der Waals surface area contributed by atoms with Crippen LogP contribution >= 0.6 is 0 Å². The van der Waals surface area contributed by atoms with E-state index < -0.39 is 0 Å². The predicted molar refractivity (Wildman–Crippen MR) is 28.3 cm³/mol. The number of nitrogens with one attached hydrogen (secondary N) is 1. The molecular weight excluding hydrogens is 76.1 g/mol. The molecule has 0 saturated heterocycles. The number of hydrogen-bond donors (Lipinski definition) is 1. The summed E-state index contributed by atoms with van der Waals surface area (Å²) in [6, 6.07) is 0. The zero-order chi connectivity index (χ0) is 4.83. The van der Waals surface area contributed by atoms with Crippen LogP contribution in [0.4, 0.5) is 0 Å². The maximum Gasteiger partial charge on any atom is 0.0301 e. The van der Waals surface area contributed by atoms with Gasteiger partial charge in [0, 0.05) is 19.8 Å². The van der Waals surface area contributed by atoms with Crippen molar-refractivity contribution in [3.05, 3.63) is 0 Å². The monoisotopic (exact) mass is 86.1 g/mol. The second kappa shape index (κ2) is 4.63. The van der Waals surface area contributed by atoms with Crippen molar-refractivity contribution in [2.75, 3.05) is 20.6 Å². The van der Waals surface area contributed by atoms with Gasteiger partial charge in [-0.25, -0.2) is 0 Å². The van der Waals surface area contributed by atoms with Crippen molar-refractivity contribution < 1.29 is 0 Å². The average molecular weight is 86.1 g/mol. The third-order valence-corrected chi connectivity index (χ3v) is 0.478. The molecule has 0 fully saturated rings. The van der Waals surface area contributed by atoms with E-state index in [1.807, 2.05) is 13.3 Å². The number of rotatable bonds is 2. The smallest absolute Gasteiger partial charge is 0.0301 e. The Morgan fingerprint density at radius 3 is 2.67 bits per heavy atom. The third kappa shape index (κ3) is 3.63. The van der Waals surface area contributed by atoms with Gasteiger partial charge in [0.25, 0.3) is 0 Å². The lowest BCUT2D eigenvalue weighted by Crippen LogP contribution is -2.07. The first-order valence-corrected chi connectivity index (χ1v) is 1.97. The zero-order valence-electron chi connectivity index (χ0n) is 4.23. The Labute approximate surface area is 38.3 Å². The van der Waals surface area contributed by atoms with Gasteiger partial charge in [0.2, 0.25) is 0 Å². The molecule has 0 spiro atoms. The first-order chi connectivity index (χ1) is 2.91. The minimum Gasteiger partial charge on any atom is -0.315 e. The van der Waals surface area contributed by atoms with Gasteiger partial charge in [-0.3, -0.25) is 4.99 Å². The lowest BCUT2D eigenvalue weighted by molar-refractivity contribution is 0.956. The van der Waals surface area contributed by atoms with E-state index in [0.29, 0.717) is 0 Å². The van der Waals surface area contributed by atoms with Crippen molar-refractivity contribution in [2.45, 2.75) is 0 Å². The average Bonchev–Trinajstić information content (AvgIpc) is 1.61. The van der Waals surface area contributed by atoms with Crippen LogP contribution in [0.25, 0.3) is 0 Å². The van der Waals surface area contributed by atoms with Gasteiger partial charge in [-0.15, -0.1) is 0 Å². The van der Waals surface area contributed by atoms with Crippen LogP contribution in [0.5, 0.6) is 0 Å². The predicted octanol–water partition coefficient (Wildman–Crippen LogP) is -0.0936. The molecule has 0 unspecified atom stereocenters. The van der Waals surface area contributed by atoms with Crippen LogP contribution in [-0.2, 0) is 0 Å². The van der Waals surface area contributed by atoms with Crippen LogP contribution in [0, 0.1) is 0 Å². The van der Waals surface area contributed by atoms with Gasteiger partial charge in [-0.1, -0.05) is 0 Å². The van der Waals surface area contributed by atoms with Crippen molar-refractivity contribution in [1.82, 2.24) is 5.32 Å². The third-order valence-electron chi connectivity index (χ3n) is 0.478. The van der Waals surface area contributed by atoms with E-state index >= 15 is 0 Å². The normalized spacial score (nSPS) is 10.3. The summed E-state index contributed by atoms with van der Waals surface area (Å²) in [6.07, 6.45) is 1.82. The maximum absolute atomic E-state index is 3.74. The van der Waals surface area contributed by atoms with Crippen LogP contribution in [0.3, 0.4) is 0 Å². The minimum absolute atomic E-state index is 0.872. The molecule has 0 amide bonds. The molecule has 0 aliphatic heterocycles. The van der Waals surface area contributed by atoms with E-state index in [1.165, 1.54) is 0 Å². The van der Waals surface area contributed by atoms with Crippen molar-refractivity contribution in [2.24, 2.45) is 4.99 Å². The quantitative estimate of drug-likeness (QED) is 0.466. The highest BCUT2D eigenvalue weighted by molar-refractivity contribution is 5.59. The summed E-state index contributed by atoms with van der Waals surface area (Å²) >= 11 is 0. The highest BCUT2D eigenvalue weighted by atomic mass is 14.8. The van der Waals surface area contributed by atoms with Crippen LogP contribution in [0.2, 0.25) is 0 Å². The molecule has 0 aliphatic rings. The Balaban J connectivity index is 2.66. The van der Waals surface area contributed by atoms with Crippen LogP contribution in [0.1, 0.15) is 0 Å². The van der Waals surface area contributed by atoms with E-state index in [-0.39, 0.29) is 0 Å². The molecule has 2 nitrogen and oxygen atoms in total. The summed E-state index contributed by atoms with van der Waals surface area (Å²) < 4.78 is 0. The summed E-state index contributed by atoms with van der Waals surface area (Å²) in [5.41, 5.74) is 0. The van der Waals surface area contributed by atoms with E-state index in [1.54, 1.807) is 7.05 Å². The minimum atomic E-state index is 0.872. The second-order valence-corrected chi connectivity index (χ2v) is 0.998. The molecule has 0 aliphatic carbocycles. The molecule has 2 heteroatoms. The summed E-state index contributed by atoms with van der Waals surface area (Å²) in [6.45, 7) is 0.872. The standard InChI is InChI=1S/C4H10N2/c1-5-3-4-6-2/h3,6H,4H2,1-2H3. The van der Waals surface area contributed by atoms with Gasteiger partial charge in [-0.05, 0) is 7.05 Å². The summed E-state index contributed by atoms with van der Waals surface area (Å²) in [5, 5.41) is 2.92. The molecule has 1 N–H and O–H groups in total. The van der Waals surface area contributed by atoms with Gasteiger partial charge in [0.05, 0.1) is 0 Å². The van der Waals surface area contributed by atoms with Crippen molar-refractivity contribution >= 4 is 6.21 Å². The Morgan fingerprint density at radius 2 is 2.50 bits per heavy atom. The molecule has 6 heavy (non-hydrogen) atoms. The largest absolute Gasteiger partial charge is 0.315 e. The molecule has 0 atom stereocenters. The Morgan fingerprint density at radius 1 is 1.83 bits per heavy atom. The highest BCUT2D eigenvalue weighted by Gasteiger charge is 1.62. The van der Waals surface area contributed by atoms with Gasteiger partial charge >= 0.3 is 0 Å². The van der Waals surface area contributed by atoms with Crippen LogP contribution in [-0.4, -0.2) is 26.9 Å². The van der Waals surface area contributed by atoms with Crippen molar-refractivity contribution in [3.8, 4) is 0 Å². The fourth-order valence-corrected chi connectivity index (χ4v) is 0.183. The number of hydrogen-bond acceptors (Lipinski definition) is 2. The highest BCUT2D eigenvalue weighted by Crippen LogP contribution is 1.46. The van der Waals surface area contributed by atoms with Gasteiger partial charge in [-0.2, -0.15) is 0 Å². The molecular formula is C4H10N2. The molecule has 36 valence electrons. The van der Waals surface area contributed by atoms with E-state index in [2.05, 4.69) is 10.3 Å². The van der Waals surface area contributed by atoms with Crippen LogP contribution in [0.15, 0.2) is 4.99 Å². The second-order valence-electron chi connectivity index (χ2n) is 0.998. The first-order valence-electron chi connectivity index (χ1n) is 1.97. The van der Waals surface area contributed by atoms with Gasteiger partial charge in [0.1, 0.15) is 0 Å². The molecule has 0 saturated carbocycles. The Hall–Kier alpha value is -0.370. The molecule has 0 rings (SSSR count). The van der Waals surface area contributed by atoms with Crippen LogP contribution < -0.4 is 5.32 Å². The van der Waals surface area contributed by atoms with E-state index in [0.717, 1.165) is 6.54 Å². The fourth-order valence-electron chi connectivity index (χ4n) is 0.183. The molecule has 0 heterocycles. The molecule has 0 aromatic heterocycles. The molecule has 0 aromatic carbocycles. The first kappa shape index (κ1) is 5.63. The number of nitrogens with zero attached hydrogens (tertiary/aromatic N) is 1. The van der Waals surface area contributed by atoms with E-state index in [4.69, 9.17) is 0 Å². The van der Waals surface area contributed by atoms with Crippen molar-refractivity contribution in [3.63, 3.8) is 0 Å². The fraction of sp³-hybridized carbons (Fsp3) is 0.750. The van der Waals surface area contributed by atoms with Crippen molar-refractivity contribution in [1.29, 1.82) is 0 Å². The summed E-state index contributed by atoms with van der Waals surface area (Å²) in [4.78, 5) is 3.74. The molecule has 0 bridgehead atoms. The topological polar surface area (TPSA) is 24.4 Å². The Kier molecular flexibility index (Phi) is 4.34. The Bertz CT molecular complexity index is 40.8. The van der Waals surface area contributed by atoms with Gasteiger partial charge < -0.3 is 5.32 Å². The summed E-state index contributed by atoms with van der Waals surface area (Å²) in [7, 11) is 3.65. The number of aliphatic imine (C=N–C) groups is 1. The lowest BCUT2D eigenvalue weighted by atomic mass is 10.7. The summed E-state index contributed by atoms with van der Waals surface area (Å²) in [5.74, 6) is 0. The van der Waals surface area contributed by atoms with E-state index in [9.17, 15) is 0 Å². The zero-order valence-corrected chi connectivity index (χ0v) is 4.23. The lowest BCUT2D eigenvalue weighted by Gasteiger charge is -1.81.